The Kier molecular flexibility index (Phi) is 2.59. The Balaban J connectivity index is 2.50. The van der Waals surface area contributed by atoms with Crippen molar-refractivity contribution in [1.82, 2.24) is 4.98 Å². The average Bonchev–Trinajstić information content (AvgIpc) is 2.73. The lowest BCUT2D eigenvalue weighted by Gasteiger charge is -2.17. The number of anilines is 1. The van der Waals surface area contributed by atoms with Gasteiger partial charge in [0, 0.05) is 19.3 Å². The van der Waals surface area contributed by atoms with Gasteiger partial charge in [-0.2, -0.15) is 5.26 Å². The maximum Gasteiger partial charge on any atom is 0.146 e. The van der Waals surface area contributed by atoms with Crippen molar-refractivity contribution in [1.29, 1.82) is 5.26 Å². The molecule has 0 atom stereocenters. The Labute approximate surface area is 90.4 Å². The highest BCUT2D eigenvalue weighted by Gasteiger charge is 2.17. The summed E-state index contributed by atoms with van der Waals surface area (Å²) in [7, 11) is 1.98. The van der Waals surface area contributed by atoms with Gasteiger partial charge in [0.25, 0.3) is 0 Å². The number of rotatable bonds is 2. The van der Waals surface area contributed by atoms with Crippen molar-refractivity contribution in [2.24, 2.45) is 0 Å². The predicted octanol–water partition coefficient (Wildman–Crippen LogP) is 1.90. The van der Waals surface area contributed by atoms with Crippen molar-refractivity contribution >= 4 is 5.82 Å². The molecule has 0 unspecified atom stereocenters. The minimum Gasteiger partial charge on any atom is -0.359 e. The number of nitrogens with zero attached hydrogens (tertiary/aromatic N) is 3. The Hall–Kier alpha value is -1.56. The topological polar surface area (TPSA) is 39.9 Å². The van der Waals surface area contributed by atoms with Gasteiger partial charge in [-0.3, -0.25) is 0 Å². The third kappa shape index (κ3) is 1.68. The van der Waals surface area contributed by atoms with Crippen LogP contribution in [0.5, 0.6) is 0 Å². The molecule has 0 aliphatic heterocycles. The molecular formula is C12H15N3. The van der Waals surface area contributed by atoms with E-state index in [0.717, 1.165) is 25.2 Å². The first-order valence-electron chi connectivity index (χ1n) is 5.40. The fourth-order valence-electron chi connectivity index (χ4n) is 1.98. The van der Waals surface area contributed by atoms with Gasteiger partial charge in [0.2, 0.25) is 0 Å². The lowest BCUT2D eigenvalue weighted by Crippen LogP contribution is -2.19. The summed E-state index contributed by atoms with van der Waals surface area (Å²) >= 11 is 0. The van der Waals surface area contributed by atoms with E-state index in [0.29, 0.717) is 5.56 Å². The number of aromatic nitrogens is 1. The van der Waals surface area contributed by atoms with Crippen LogP contribution in [-0.4, -0.2) is 18.6 Å². The Morgan fingerprint density at radius 1 is 1.53 bits per heavy atom. The van der Waals surface area contributed by atoms with E-state index in [1.807, 2.05) is 18.0 Å². The van der Waals surface area contributed by atoms with Crippen molar-refractivity contribution in [3.8, 4) is 6.07 Å². The zero-order chi connectivity index (χ0) is 10.8. The number of fused-ring (bicyclic) bond motifs is 1. The van der Waals surface area contributed by atoms with Crippen LogP contribution in [0, 0.1) is 11.3 Å². The van der Waals surface area contributed by atoms with E-state index in [9.17, 15) is 0 Å². The van der Waals surface area contributed by atoms with E-state index in [1.165, 1.54) is 17.7 Å². The van der Waals surface area contributed by atoms with E-state index >= 15 is 0 Å². The molecule has 0 saturated heterocycles. The van der Waals surface area contributed by atoms with Gasteiger partial charge < -0.3 is 4.90 Å². The summed E-state index contributed by atoms with van der Waals surface area (Å²) < 4.78 is 0. The molecule has 0 amide bonds. The van der Waals surface area contributed by atoms with Crippen LogP contribution in [0.3, 0.4) is 0 Å². The van der Waals surface area contributed by atoms with Crippen molar-refractivity contribution in [3.05, 3.63) is 22.9 Å². The summed E-state index contributed by atoms with van der Waals surface area (Å²) in [4.78, 5) is 6.62. The van der Waals surface area contributed by atoms with E-state index < -0.39 is 0 Å². The monoisotopic (exact) mass is 201 g/mol. The first-order valence-corrected chi connectivity index (χ1v) is 5.40. The molecular weight excluding hydrogens is 186 g/mol. The third-order valence-corrected chi connectivity index (χ3v) is 2.99. The molecule has 78 valence electrons. The summed E-state index contributed by atoms with van der Waals surface area (Å²) in [6.45, 7) is 2.94. The van der Waals surface area contributed by atoms with Gasteiger partial charge in [-0.1, -0.05) is 0 Å². The molecule has 15 heavy (non-hydrogen) atoms. The fourth-order valence-corrected chi connectivity index (χ4v) is 1.98. The quantitative estimate of drug-likeness (QED) is 0.733. The maximum atomic E-state index is 9.08. The van der Waals surface area contributed by atoms with E-state index in [4.69, 9.17) is 5.26 Å². The van der Waals surface area contributed by atoms with Crippen LogP contribution in [-0.2, 0) is 12.8 Å². The molecule has 0 bridgehead atoms. The van der Waals surface area contributed by atoms with Gasteiger partial charge in [-0.15, -0.1) is 0 Å². The summed E-state index contributed by atoms with van der Waals surface area (Å²) in [6.07, 6.45) is 3.31. The molecule has 1 aliphatic rings. The van der Waals surface area contributed by atoms with Crippen LogP contribution in [0.25, 0.3) is 0 Å². The summed E-state index contributed by atoms with van der Waals surface area (Å²) in [5.41, 5.74) is 3.16. The van der Waals surface area contributed by atoms with E-state index in [-0.39, 0.29) is 0 Å². The number of nitriles is 1. The second kappa shape index (κ2) is 3.90. The molecule has 0 N–H and O–H groups in total. The second-order valence-corrected chi connectivity index (χ2v) is 3.94. The normalized spacial score (nSPS) is 13.4. The molecule has 1 aliphatic carbocycles. The SMILES string of the molecule is CCN(C)c1nc2c(cc1C#N)CCC2. The molecule has 0 fully saturated rings. The molecule has 3 nitrogen and oxygen atoms in total. The molecule has 1 heterocycles. The molecule has 3 heteroatoms. The van der Waals surface area contributed by atoms with Crippen LogP contribution in [0.1, 0.15) is 30.2 Å². The maximum absolute atomic E-state index is 9.08. The smallest absolute Gasteiger partial charge is 0.146 e. The van der Waals surface area contributed by atoms with Crippen molar-refractivity contribution < 1.29 is 0 Å². The molecule has 1 aromatic rings. The fraction of sp³-hybridized carbons (Fsp3) is 0.500. The third-order valence-electron chi connectivity index (χ3n) is 2.99. The molecule has 2 rings (SSSR count). The highest BCUT2D eigenvalue weighted by Crippen LogP contribution is 2.26. The molecule has 1 aromatic heterocycles. The summed E-state index contributed by atoms with van der Waals surface area (Å²) in [6, 6.07) is 4.25. The van der Waals surface area contributed by atoms with Crippen LogP contribution in [0.2, 0.25) is 0 Å². The van der Waals surface area contributed by atoms with Crippen molar-refractivity contribution in [2.75, 3.05) is 18.5 Å². The molecule has 0 radical (unpaired) electrons. The Morgan fingerprint density at radius 3 is 3.00 bits per heavy atom. The average molecular weight is 201 g/mol. The Morgan fingerprint density at radius 2 is 2.33 bits per heavy atom. The standard InChI is InChI=1S/C12H15N3/c1-3-15(2)12-10(8-13)7-9-5-4-6-11(9)14-12/h7H,3-6H2,1-2H3. The molecule has 0 saturated carbocycles. The predicted molar refractivity (Wildman–Crippen MR) is 59.9 cm³/mol. The van der Waals surface area contributed by atoms with Crippen LogP contribution >= 0.6 is 0 Å². The Bertz CT molecular complexity index is 418. The molecule has 0 spiro atoms. The van der Waals surface area contributed by atoms with Gasteiger partial charge in [-0.25, -0.2) is 4.98 Å². The first kappa shape index (κ1) is 9.97. The van der Waals surface area contributed by atoms with Crippen LogP contribution < -0.4 is 4.90 Å². The van der Waals surface area contributed by atoms with Crippen molar-refractivity contribution in [3.63, 3.8) is 0 Å². The zero-order valence-corrected chi connectivity index (χ0v) is 9.25. The first-order chi connectivity index (χ1) is 7.26. The minimum atomic E-state index is 0.708. The van der Waals surface area contributed by atoms with Gasteiger partial charge >= 0.3 is 0 Å². The molecule has 0 aromatic carbocycles. The van der Waals surface area contributed by atoms with Crippen LogP contribution in [0.15, 0.2) is 6.07 Å². The van der Waals surface area contributed by atoms with Gasteiger partial charge in [0.1, 0.15) is 11.9 Å². The van der Waals surface area contributed by atoms with Gasteiger partial charge in [-0.05, 0) is 37.8 Å². The van der Waals surface area contributed by atoms with Crippen molar-refractivity contribution in [2.45, 2.75) is 26.2 Å². The highest BCUT2D eigenvalue weighted by atomic mass is 15.2. The lowest BCUT2D eigenvalue weighted by molar-refractivity contribution is 0.887. The van der Waals surface area contributed by atoms with E-state index in [1.54, 1.807) is 0 Å². The zero-order valence-electron chi connectivity index (χ0n) is 9.25. The number of hydrogen-bond donors (Lipinski definition) is 0. The van der Waals surface area contributed by atoms with Gasteiger partial charge in [0.15, 0.2) is 0 Å². The van der Waals surface area contributed by atoms with E-state index in [2.05, 4.69) is 18.0 Å². The second-order valence-electron chi connectivity index (χ2n) is 3.94. The highest BCUT2D eigenvalue weighted by molar-refractivity contribution is 5.56. The summed E-state index contributed by atoms with van der Waals surface area (Å²) in [5, 5.41) is 9.08. The number of pyridine rings is 1. The summed E-state index contributed by atoms with van der Waals surface area (Å²) in [5.74, 6) is 0.834. The number of aryl methyl sites for hydroxylation is 2. The largest absolute Gasteiger partial charge is 0.359 e. The minimum absolute atomic E-state index is 0.708. The van der Waals surface area contributed by atoms with Crippen LogP contribution in [0.4, 0.5) is 5.82 Å². The lowest BCUT2D eigenvalue weighted by atomic mass is 10.1. The van der Waals surface area contributed by atoms with Gasteiger partial charge in [0.05, 0.1) is 5.56 Å². The number of hydrogen-bond acceptors (Lipinski definition) is 3.